The third-order valence-electron chi connectivity index (χ3n) is 3.84. The van der Waals surface area contributed by atoms with Crippen LogP contribution in [0.5, 0.6) is 0 Å². The van der Waals surface area contributed by atoms with Crippen molar-refractivity contribution in [2.45, 2.75) is 26.7 Å². The van der Waals surface area contributed by atoms with E-state index >= 15 is 0 Å². The van der Waals surface area contributed by atoms with Crippen molar-refractivity contribution in [3.05, 3.63) is 47.2 Å². The number of carbonyl (C=O) groups is 1. The fourth-order valence-electron chi connectivity index (χ4n) is 2.73. The number of aromatic nitrogens is 2. The van der Waals surface area contributed by atoms with Crippen LogP contribution in [0.15, 0.2) is 34.9 Å². The molecular formula is C17H16N2O3. The highest BCUT2D eigenvalue weighted by atomic mass is 16.5. The largest absolute Gasteiger partial charge is 0.481 e. The highest BCUT2D eigenvalue weighted by Gasteiger charge is 2.18. The van der Waals surface area contributed by atoms with Crippen LogP contribution >= 0.6 is 0 Å². The van der Waals surface area contributed by atoms with Crippen molar-refractivity contribution in [3.63, 3.8) is 0 Å². The molecule has 22 heavy (non-hydrogen) atoms. The van der Waals surface area contributed by atoms with Gasteiger partial charge in [0.1, 0.15) is 5.69 Å². The van der Waals surface area contributed by atoms with Crippen molar-refractivity contribution in [1.82, 2.24) is 10.1 Å². The lowest BCUT2D eigenvalue weighted by molar-refractivity contribution is -0.136. The van der Waals surface area contributed by atoms with Gasteiger partial charge in [-0.15, -0.1) is 0 Å². The van der Waals surface area contributed by atoms with Gasteiger partial charge in [0.05, 0.1) is 5.39 Å². The zero-order chi connectivity index (χ0) is 15.7. The van der Waals surface area contributed by atoms with Crippen molar-refractivity contribution in [2.24, 2.45) is 0 Å². The molecule has 3 aromatic rings. The summed E-state index contributed by atoms with van der Waals surface area (Å²) in [6.45, 7) is 3.84. The molecule has 5 heteroatoms. The van der Waals surface area contributed by atoms with Gasteiger partial charge in [0.25, 0.3) is 5.71 Å². The summed E-state index contributed by atoms with van der Waals surface area (Å²) in [6, 6.07) is 9.76. The average molecular weight is 296 g/mol. The van der Waals surface area contributed by atoms with E-state index < -0.39 is 5.97 Å². The van der Waals surface area contributed by atoms with E-state index in [-0.39, 0.29) is 6.42 Å². The number of hydrogen-bond donors (Lipinski definition) is 1. The molecule has 2 heterocycles. The molecule has 0 spiro atoms. The van der Waals surface area contributed by atoms with Gasteiger partial charge in [-0.25, -0.2) is 4.98 Å². The maximum Gasteiger partial charge on any atom is 0.303 e. The molecular weight excluding hydrogens is 280 g/mol. The van der Waals surface area contributed by atoms with Crippen LogP contribution in [0, 0.1) is 13.8 Å². The monoisotopic (exact) mass is 296 g/mol. The SMILES string of the molecule is Cc1nc2onc(-c3ccccc3)c2c(C)c1CCC(=O)O. The molecule has 2 aromatic heterocycles. The van der Waals surface area contributed by atoms with E-state index in [0.717, 1.165) is 33.5 Å². The predicted molar refractivity (Wildman–Crippen MR) is 82.7 cm³/mol. The second-order valence-corrected chi connectivity index (χ2v) is 5.27. The van der Waals surface area contributed by atoms with Crippen LogP contribution in [0.1, 0.15) is 23.2 Å². The van der Waals surface area contributed by atoms with Crippen LogP contribution in [0.25, 0.3) is 22.4 Å². The van der Waals surface area contributed by atoms with Gasteiger partial charge in [0, 0.05) is 17.7 Å². The number of fused-ring (bicyclic) bond motifs is 1. The van der Waals surface area contributed by atoms with Crippen LogP contribution < -0.4 is 0 Å². The molecule has 0 bridgehead atoms. The Balaban J connectivity index is 2.17. The molecule has 1 N–H and O–H groups in total. The van der Waals surface area contributed by atoms with Crippen LogP contribution in [0.4, 0.5) is 0 Å². The lowest BCUT2D eigenvalue weighted by Crippen LogP contribution is -2.03. The first-order valence-corrected chi connectivity index (χ1v) is 7.10. The Morgan fingerprint density at radius 3 is 2.64 bits per heavy atom. The molecule has 5 nitrogen and oxygen atoms in total. The van der Waals surface area contributed by atoms with E-state index in [1.165, 1.54) is 0 Å². The standard InChI is InChI=1S/C17H16N2O3/c1-10-13(8-9-14(20)21)11(2)18-17-15(10)16(19-22-17)12-6-4-3-5-7-12/h3-7H,8-9H2,1-2H3,(H,20,21). The van der Waals surface area contributed by atoms with Gasteiger partial charge in [-0.1, -0.05) is 35.5 Å². The number of carboxylic acids is 1. The maximum atomic E-state index is 10.8. The van der Waals surface area contributed by atoms with E-state index in [1.807, 2.05) is 44.2 Å². The molecule has 0 radical (unpaired) electrons. The highest BCUT2D eigenvalue weighted by molar-refractivity contribution is 5.93. The minimum Gasteiger partial charge on any atom is -0.481 e. The number of aliphatic carboxylic acids is 1. The number of pyridine rings is 1. The fraction of sp³-hybridized carbons (Fsp3) is 0.235. The Bertz CT molecular complexity index is 838. The third kappa shape index (κ3) is 2.45. The number of carboxylic acid groups (broad SMARTS) is 1. The van der Waals surface area contributed by atoms with Crippen LogP contribution in [0.3, 0.4) is 0 Å². The number of rotatable bonds is 4. The molecule has 0 amide bonds. The summed E-state index contributed by atoms with van der Waals surface area (Å²) in [7, 11) is 0. The molecule has 1 aromatic carbocycles. The average Bonchev–Trinajstić information content (AvgIpc) is 2.91. The maximum absolute atomic E-state index is 10.8. The highest BCUT2D eigenvalue weighted by Crippen LogP contribution is 2.32. The minimum atomic E-state index is -0.813. The Kier molecular flexibility index (Phi) is 3.63. The van der Waals surface area contributed by atoms with E-state index in [1.54, 1.807) is 0 Å². The zero-order valence-corrected chi connectivity index (χ0v) is 12.5. The number of aryl methyl sites for hydroxylation is 2. The molecule has 0 saturated carbocycles. The molecule has 0 fully saturated rings. The van der Waals surface area contributed by atoms with E-state index in [2.05, 4.69) is 10.1 Å². The molecule has 0 aliphatic heterocycles. The minimum absolute atomic E-state index is 0.0841. The van der Waals surface area contributed by atoms with E-state index in [4.69, 9.17) is 9.63 Å². The number of nitrogens with zero attached hydrogens (tertiary/aromatic N) is 2. The molecule has 0 atom stereocenters. The van der Waals surface area contributed by atoms with Crippen LogP contribution in [-0.4, -0.2) is 21.2 Å². The Labute approximate surface area is 127 Å². The number of benzene rings is 1. The Hall–Kier alpha value is -2.69. The van der Waals surface area contributed by atoms with Gasteiger partial charge < -0.3 is 9.63 Å². The topological polar surface area (TPSA) is 76.2 Å². The van der Waals surface area contributed by atoms with E-state index in [9.17, 15) is 4.79 Å². The summed E-state index contributed by atoms with van der Waals surface area (Å²) in [5.74, 6) is -0.813. The van der Waals surface area contributed by atoms with Gasteiger partial charge in [-0.3, -0.25) is 4.79 Å². The van der Waals surface area contributed by atoms with Crippen molar-refractivity contribution >= 4 is 17.1 Å². The summed E-state index contributed by atoms with van der Waals surface area (Å²) < 4.78 is 5.37. The van der Waals surface area contributed by atoms with Crippen LogP contribution in [-0.2, 0) is 11.2 Å². The predicted octanol–water partition coefficient (Wildman–Crippen LogP) is 3.52. The van der Waals surface area contributed by atoms with Gasteiger partial charge in [0.2, 0.25) is 0 Å². The van der Waals surface area contributed by atoms with Gasteiger partial charge in [-0.2, -0.15) is 0 Å². The Morgan fingerprint density at radius 1 is 1.23 bits per heavy atom. The summed E-state index contributed by atoms with van der Waals surface area (Å²) in [4.78, 5) is 15.3. The molecule has 0 aliphatic carbocycles. The lowest BCUT2D eigenvalue weighted by Gasteiger charge is -2.09. The first-order chi connectivity index (χ1) is 10.6. The smallest absolute Gasteiger partial charge is 0.303 e. The fourth-order valence-corrected chi connectivity index (χ4v) is 2.73. The first-order valence-electron chi connectivity index (χ1n) is 7.10. The second-order valence-electron chi connectivity index (χ2n) is 5.27. The molecule has 0 unspecified atom stereocenters. The normalized spacial score (nSPS) is 11.0. The molecule has 3 rings (SSSR count). The van der Waals surface area contributed by atoms with E-state index in [0.29, 0.717) is 12.1 Å². The van der Waals surface area contributed by atoms with Crippen molar-refractivity contribution in [3.8, 4) is 11.3 Å². The summed E-state index contributed by atoms with van der Waals surface area (Å²) in [5, 5.41) is 13.9. The van der Waals surface area contributed by atoms with Gasteiger partial charge in [-0.05, 0) is 31.4 Å². The summed E-state index contributed by atoms with van der Waals surface area (Å²) in [5.41, 5.74) is 4.94. The second kappa shape index (κ2) is 5.60. The molecule has 0 aliphatic rings. The van der Waals surface area contributed by atoms with Gasteiger partial charge in [0.15, 0.2) is 0 Å². The van der Waals surface area contributed by atoms with Gasteiger partial charge >= 0.3 is 5.97 Å². The van der Waals surface area contributed by atoms with Crippen molar-refractivity contribution < 1.29 is 14.4 Å². The summed E-state index contributed by atoms with van der Waals surface area (Å²) >= 11 is 0. The molecule has 0 saturated heterocycles. The summed E-state index contributed by atoms with van der Waals surface area (Å²) in [6.07, 6.45) is 0.538. The zero-order valence-electron chi connectivity index (χ0n) is 12.5. The molecule has 112 valence electrons. The van der Waals surface area contributed by atoms with Crippen LogP contribution in [0.2, 0.25) is 0 Å². The Morgan fingerprint density at radius 2 is 1.95 bits per heavy atom. The van der Waals surface area contributed by atoms with Crippen molar-refractivity contribution in [2.75, 3.05) is 0 Å². The lowest BCUT2D eigenvalue weighted by atomic mass is 9.97. The number of hydrogen-bond acceptors (Lipinski definition) is 4. The third-order valence-corrected chi connectivity index (χ3v) is 3.84. The first kappa shape index (κ1) is 14.3. The van der Waals surface area contributed by atoms with Crippen molar-refractivity contribution in [1.29, 1.82) is 0 Å². The quantitative estimate of drug-likeness (QED) is 0.797.